The van der Waals surface area contributed by atoms with Crippen LogP contribution in [0.15, 0.2) is 56.9 Å². The fraction of sp³-hybridized carbons (Fsp3) is 0.125. The number of Topliss-reactive ketones (excluding diaryl/α,β-unsaturated/α-hetero) is 1. The van der Waals surface area contributed by atoms with Crippen LogP contribution in [-0.2, 0) is 0 Å². The Morgan fingerprint density at radius 1 is 1.27 bits per heavy atom. The van der Waals surface area contributed by atoms with E-state index in [1.165, 1.54) is 11.8 Å². The number of ketones is 1. The zero-order valence-corrected chi connectivity index (χ0v) is 14.5. The molecule has 6 heteroatoms. The standard InChI is InChI=1S/C16H11BrN2OS2/c17-10-5-3-9(4-6-10)14(20)15-13(12-2-1-7-21-12)11(8-18)16(19)22-15/h1-7,13,15H,19H2/t13-,15+/m1/s1. The Hall–Kier alpha value is -1.55. The maximum atomic E-state index is 12.8. The first kappa shape index (κ1) is 15.3. The summed E-state index contributed by atoms with van der Waals surface area (Å²) in [6.45, 7) is 0. The highest BCUT2D eigenvalue weighted by atomic mass is 79.9. The van der Waals surface area contributed by atoms with Gasteiger partial charge in [0.15, 0.2) is 5.78 Å². The van der Waals surface area contributed by atoms with Gasteiger partial charge in [0.2, 0.25) is 0 Å². The van der Waals surface area contributed by atoms with Gasteiger partial charge in [0.1, 0.15) is 0 Å². The van der Waals surface area contributed by atoms with Crippen molar-refractivity contribution in [3.8, 4) is 6.07 Å². The molecule has 0 amide bonds. The number of allylic oxidation sites excluding steroid dienone is 1. The summed E-state index contributed by atoms with van der Waals surface area (Å²) in [6.07, 6.45) is 0. The summed E-state index contributed by atoms with van der Waals surface area (Å²) in [5, 5.41) is 11.4. The maximum Gasteiger partial charge on any atom is 0.177 e. The molecule has 0 saturated heterocycles. The van der Waals surface area contributed by atoms with Crippen LogP contribution in [0.25, 0.3) is 0 Å². The number of carbonyl (C=O) groups excluding carboxylic acids is 1. The van der Waals surface area contributed by atoms with Gasteiger partial charge in [-0.2, -0.15) is 5.26 Å². The van der Waals surface area contributed by atoms with Gasteiger partial charge in [-0.3, -0.25) is 4.79 Å². The smallest absolute Gasteiger partial charge is 0.177 e. The number of thioether (sulfide) groups is 1. The molecule has 1 aromatic carbocycles. The number of hydrogen-bond acceptors (Lipinski definition) is 5. The zero-order chi connectivity index (χ0) is 15.7. The molecule has 0 saturated carbocycles. The van der Waals surface area contributed by atoms with Gasteiger partial charge in [-0.15, -0.1) is 11.3 Å². The van der Waals surface area contributed by atoms with E-state index in [9.17, 15) is 10.1 Å². The molecule has 3 rings (SSSR count). The first-order valence-electron chi connectivity index (χ1n) is 6.51. The number of hydrogen-bond donors (Lipinski definition) is 1. The number of thiophene rings is 1. The number of halogens is 1. The van der Waals surface area contributed by atoms with Gasteiger partial charge in [-0.25, -0.2) is 0 Å². The van der Waals surface area contributed by atoms with Crippen LogP contribution in [0.1, 0.15) is 21.2 Å². The average Bonchev–Trinajstić information content (AvgIpc) is 3.14. The summed E-state index contributed by atoms with van der Waals surface area (Å²) in [6, 6.07) is 13.3. The molecule has 0 unspecified atom stereocenters. The molecule has 0 spiro atoms. The molecule has 2 N–H and O–H groups in total. The van der Waals surface area contributed by atoms with Crippen molar-refractivity contribution in [1.82, 2.24) is 0 Å². The Kier molecular flexibility index (Phi) is 4.39. The highest BCUT2D eigenvalue weighted by Gasteiger charge is 2.41. The third kappa shape index (κ3) is 2.72. The number of nitrogens with zero attached hydrogens (tertiary/aromatic N) is 1. The molecule has 2 aromatic rings. The second-order valence-electron chi connectivity index (χ2n) is 4.79. The number of nitriles is 1. The fourth-order valence-corrected chi connectivity index (χ4v) is 4.90. The van der Waals surface area contributed by atoms with E-state index in [1.54, 1.807) is 23.5 Å². The van der Waals surface area contributed by atoms with E-state index in [0.717, 1.165) is 9.35 Å². The molecule has 0 radical (unpaired) electrons. The van der Waals surface area contributed by atoms with Crippen molar-refractivity contribution in [3.05, 3.63) is 67.3 Å². The molecule has 2 atom stereocenters. The maximum absolute atomic E-state index is 12.8. The van der Waals surface area contributed by atoms with Crippen LogP contribution < -0.4 is 5.73 Å². The van der Waals surface area contributed by atoms with Crippen molar-refractivity contribution in [2.75, 3.05) is 0 Å². The molecule has 1 aliphatic rings. The Balaban J connectivity index is 1.98. The zero-order valence-electron chi connectivity index (χ0n) is 11.3. The van der Waals surface area contributed by atoms with Gasteiger partial charge in [0.05, 0.1) is 27.8 Å². The lowest BCUT2D eigenvalue weighted by atomic mass is 9.91. The van der Waals surface area contributed by atoms with E-state index in [1.807, 2.05) is 29.6 Å². The number of carbonyl (C=O) groups is 1. The lowest BCUT2D eigenvalue weighted by Crippen LogP contribution is -2.22. The predicted octanol–water partition coefficient (Wildman–Crippen LogP) is 4.29. The largest absolute Gasteiger partial charge is 0.393 e. The van der Waals surface area contributed by atoms with Gasteiger partial charge in [0.25, 0.3) is 0 Å². The van der Waals surface area contributed by atoms with Gasteiger partial charge >= 0.3 is 0 Å². The number of benzene rings is 1. The van der Waals surface area contributed by atoms with Crippen molar-refractivity contribution in [2.24, 2.45) is 5.73 Å². The topological polar surface area (TPSA) is 66.9 Å². The molecule has 1 aromatic heterocycles. The first-order chi connectivity index (χ1) is 10.6. The molecule has 0 fully saturated rings. The summed E-state index contributed by atoms with van der Waals surface area (Å²) in [7, 11) is 0. The average molecular weight is 391 g/mol. The molecule has 0 bridgehead atoms. The van der Waals surface area contributed by atoms with Gasteiger partial charge in [-0.05, 0) is 23.6 Å². The molecular weight excluding hydrogens is 380 g/mol. The quantitative estimate of drug-likeness (QED) is 0.793. The van der Waals surface area contributed by atoms with Gasteiger partial charge in [0, 0.05) is 14.9 Å². The summed E-state index contributed by atoms with van der Waals surface area (Å²) < 4.78 is 0.924. The van der Waals surface area contributed by atoms with Crippen molar-refractivity contribution in [2.45, 2.75) is 11.2 Å². The van der Waals surface area contributed by atoms with Crippen LogP contribution in [0.3, 0.4) is 0 Å². The number of rotatable bonds is 3. The van der Waals surface area contributed by atoms with E-state index in [2.05, 4.69) is 22.0 Å². The molecular formula is C16H11BrN2OS2. The monoisotopic (exact) mass is 390 g/mol. The molecule has 1 aliphatic heterocycles. The second kappa shape index (κ2) is 6.29. The molecule has 3 nitrogen and oxygen atoms in total. The molecule has 2 heterocycles. The molecule has 22 heavy (non-hydrogen) atoms. The fourth-order valence-electron chi connectivity index (χ4n) is 2.44. The van der Waals surface area contributed by atoms with Crippen LogP contribution in [0.2, 0.25) is 0 Å². The SMILES string of the molecule is N#CC1=C(N)S[C@H](C(=O)c2ccc(Br)cc2)[C@H]1c1cccs1. The Labute approximate surface area is 145 Å². The van der Waals surface area contributed by atoms with Gasteiger partial charge < -0.3 is 5.73 Å². The van der Waals surface area contributed by atoms with Crippen LogP contribution >= 0.6 is 39.0 Å². The Morgan fingerprint density at radius 3 is 2.59 bits per heavy atom. The summed E-state index contributed by atoms with van der Waals surface area (Å²) in [4.78, 5) is 13.8. The highest BCUT2D eigenvalue weighted by Crippen LogP contribution is 2.47. The minimum atomic E-state index is -0.380. The lowest BCUT2D eigenvalue weighted by molar-refractivity contribution is 0.0986. The summed E-state index contributed by atoms with van der Waals surface area (Å²) in [5.41, 5.74) is 7.12. The van der Waals surface area contributed by atoms with Gasteiger partial charge in [-0.1, -0.05) is 45.9 Å². The van der Waals surface area contributed by atoms with Crippen LogP contribution in [0, 0.1) is 11.3 Å². The third-order valence-electron chi connectivity index (χ3n) is 3.49. The van der Waals surface area contributed by atoms with Crippen molar-refractivity contribution >= 4 is 44.8 Å². The summed E-state index contributed by atoms with van der Waals surface area (Å²) in [5.74, 6) is -0.254. The van der Waals surface area contributed by atoms with Crippen LogP contribution in [0.5, 0.6) is 0 Å². The van der Waals surface area contributed by atoms with E-state index in [0.29, 0.717) is 16.2 Å². The minimum Gasteiger partial charge on any atom is -0.393 e. The van der Waals surface area contributed by atoms with Crippen LogP contribution in [-0.4, -0.2) is 11.0 Å². The number of nitrogens with two attached hydrogens (primary N) is 1. The molecule has 0 aliphatic carbocycles. The highest BCUT2D eigenvalue weighted by molar-refractivity contribution is 9.10. The third-order valence-corrected chi connectivity index (χ3v) is 6.19. The van der Waals surface area contributed by atoms with E-state index >= 15 is 0 Å². The lowest BCUT2D eigenvalue weighted by Gasteiger charge is -2.17. The van der Waals surface area contributed by atoms with E-state index in [4.69, 9.17) is 5.73 Å². The van der Waals surface area contributed by atoms with Crippen molar-refractivity contribution in [3.63, 3.8) is 0 Å². The summed E-state index contributed by atoms with van der Waals surface area (Å²) >= 11 is 6.20. The van der Waals surface area contributed by atoms with Crippen molar-refractivity contribution in [1.29, 1.82) is 5.26 Å². The van der Waals surface area contributed by atoms with Crippen molar-refractivity contribution < 1.29 is 4.79 Å². The van der Waals surface area contributed by atoms with E-state index in [-0.39, 0.29) is 17.0 Å². The normalized spacial score (nSPS) is 20.9. The minimum absolute atomic E-state index is 0.00380. The first-order valence-corrected chi connectivity index (χ1v) is 9.06. The second-order valence-corrected chi connectivity index (χ2v) is 7.87. The van der Waals surface area contributed by atoms with Crippen LogP contribution in [0.4, 0.5) is 0 Å². The predicted molar refractivity (Wildman–Crippen MR) is 93.7 cm³/mol. The molecule has 110 valence electrons. The Bertz CT molecular complexity index is 775. The van der Waals surface area contributed by atoms with E-state index < -0.39 is 0 Å². The Morgan fingerprint density at radius 2 is 2.00 bits per heavy atom.